The number of phenols is 1. The Hall–Kier alpha value is -2.23. The van der Waals surface area contributed by atoms with E-state index in [4.69, 9.17) is 9.15 Å². The maximum absolute atomic E-state index is 11.6. The Morgan fingerprint density at radius 1 is 1.43 bits per heavy atom. The summed E-state index contributed by atoms with van der Waals surface area (Å²) in [6, 6.07) is 4.61. The Kier molecular flexibility index (Phi) is 4.36. The molecule has 112 valence electrons. The Morgan fingerprint density at radius 3 is 2.76 bits per heavy atom. The van der Waals surface area contributed by atoms with Crippen molar-refractivity contribution in [2.45, 2.75) is 39.7 Å². The minimum atomic E-state index is -0.421. The lowest BCUT2D eigenvalue weighted by atomic mass is 10.0. The molecular weight excluding hydrogens is 268 g/mol. The lowest BCUT2D eigenvalue weighted by Gasteiger charge is -2.15. The van der Waals surface area contributed by atoms with Crippen molar-refractivity contribution in [3.63, 3.8) is 0 Å². The molecular formula is C17H20O4. The van der Waals surface area contributed by atoms with Gasteiger partial charge in [-0.1, -0.05) is 19.9 Å². The molecule has 0 spiro atoms. The lowest BCUT2D eigenvalue weighted by molar-refractivity contribution is 0.257. The van der Waals surface area contributed by atoms with Gasteiger partial charge in [0, 0.05) is 18.2 Å². The molecule has 1 aromatic carbocycles. The topological polar surface area (TPSA) is 59.7 Å². The van der Waals surface area contributed by atoms with Crippen molar-refractivity contribution in [1.82, 2.24) is 0 Å². The van der Waals surface area contributed by atoms with Gasteiger partial charge in [0.05, 0.1) is 5.39 Å². The van der Waals surface area contributed by atoms with Gasteiger partial charge in [0.2, 0.25) is 0 Å². The largest absolute Gasteiger partial charge is 0.507 e. The quantitative estimate of drug-likeness (QED) is 0.671. The monoisotopic (exact) mass is 288 g/mol. The average molecular weight is 288 g/mol. The number of aromatic hydroxyl groups is 1. The first-order valence-corrected chi connectivity index (χ1v) is 7.04. The minimum Gasteiger partial charge on any atom is -0.507 e. The van der Waals surface area contributed by atoms with Crippen LogP contribution in [0.5, 0.6) is 11.5 Å². The number of hydrogen-bond donors (Lipinski definition) is 1. The number of aryl methyl sites for hydroxylation is 1. The fourth-order valence-corrected chi connectivity index (χ4v) is 2.17. The van der Waals surface area contributed by atoms with Crippen molar-refractivity contribution >= 4 is 11.0 Å². The van der Waals surface area contributed by atoms with Crippen LogP contribution in [0.3, 0.4) is 0 Å². The number of fused-ring (bicyclic) bond motifs is 1. The Labute approximate surface area is 123 Å². The van der Waals surface area contributed by atoms with Crippen LogP contribution < -0.4 is 10.4 Å². The van der Waals surface area contributed by atoms with E-state index in [1.54, 1.807) is 12.1 Å². The number of phenolic OH excluding ortho intramolecular Hbond substituents is 1. The smallest absolute Gasteiger partial charge is 0.336 e. The molecule has 2 rings (SSSR count). The van der Waals surface area contributed by atoms with E-state index < -0.39 is 5.63 Å². The minimum absolute atomic E-state index is 0.0589. The predicted octanol–water partition coefficient (Wildman–Crippen LogP) is 3.79. The number of benzene rings is 1. The summed E-state index contributed by atoms with van der Waals surface area (Å²) in [7, 11) is 0. The van der Waals surface area contributed by atoms with Crippen LogP contribution in [0.15, 0.2) is 39.6 Å². The van der Waals surface area contributed by atoms with E-state index >= 15 is 0 Å². The second-order valence-electron chi connectivity index (χ2n) is 5.26. The molecule has 1 N–H and O–H groups in total. The molecule has 4 heteroatoms. The van der Waals surface area contributed by atoms with Crippen LogP contribution in [0.2, 0.25) is 0 Å². The maximum Gasteiger partial charge on any atom is 0.336 e. The standard InChI is InChI=1S/C17H20O4/c1-5-6-12-7-16(19)21-15-9-13(8-14(18)17(12)15)20-11(4)10(2)3/h7-9,11,18H,2,5-6H2,1,3-4H3. The van der Waals surface area contributed by atoms with Gasteiger partial charge in [-0.3, -0.25) is 0 Å². The highest BCUT2D eigenvalue weighted by molar-refractivity contribution is 5.88. The molecule has 4 nitrogen and oxygen atoms in total. The highest BCUT2D eigenvalue weighted by atomic mass is 16.5. The Balaban J connectivity index is 2.55. The van der Waals surface area contributed by atoms with E-state index in [-0.39, 0.29) is 11.9 Å². The van der Waals surface area contributed by atoms with Gasteiger partial charge in [-0.25, -0.2) is 4.79 Å². The summed E-state index contributed by atoms with van der Waals surface area (Å²) in [5.74, 6) is 0.510. The molecule has 0 bridgehead atoms. The van der Waals surface area contributed by atoms with Gasteiger partial charge in [-0.15, -0.1) is 0 Å². The predicted molar refractivity (Wildman–Crippen MR) is 83.0 cm³/mol. The van der Waals surface area contributed by atoms with E-state index in [0.29, 0.717) is 23.1 Å². The van der Waals surface area contributed by atoms with E-state index in [9.17, 15) is 9.90 Å². The number of rotatable bonds is 5. The molecule has 1 atom stereocenters. The first-order valence-electron chi connectivity index (χ1n) is 7.04. The van der Waals surface area contributed by atoms with Gasteiger partial charge in [-0.05, 0) is 31.4 Å². The van der Waals surface area contributed by atoms with Crippen molar-refractivity contribution in [2.75, 3.05) is 0 Å². The maximum atomic E-state index is 11.6. The third-order valence-electron chi connectivity index (χ3n) is 3.40. The van der Waals surface area contributed by atoms with Crippen LogP contribution in [0.4, 0.5) is 0 Å². The summed E-state index contributed by atoms with van der Waals surface area (Å²) in [6.07, 6.45) is 1.40. The fourth-order valence-electron chi connectivity index (χ4n) is 2.17. The van der Waals surface area contributed by atoms with Crippen LogP contribution in [-0.4, -0.2) is 11.2 Å². The molecule has 21 heavy (non-hydrogen) atoms. The zero-order chi connectivity index (χ0) is 15.6. The number of ether oxygens (including phenoxy) is 1. The van der Waals surface area contributed by atoms with Crippen LogP contribution >= 0.6 is 0 Å². The third kappa shape index (κ3) is 3.27. The summed E-state index contributed by atoms with van der Waals surface area (Å²) in [5, 5.41) is 10.8. The molecule has 1 aromatic heterocycles. The second kappa shape index (κ2) is 6.04. The summed E-state index contributed by atoms with van der Waals surface area (Å²) in [6.45, 7) is 9.58. The molecule has 0 saturated heterocycles. The Bertz CT molecular complexity index is 727. The summed E-state index contributed by atoms with van der Waals surface area (Å²) >= 11 is 0. The molecule has 0 fully saturated rings. The van der Waals surface area contributed by atoms with E-state index in [2.05, 4.69) is 6.58 Å². The van der Waals surface area contributed by atoms with Crippen molar-refractivity contribution in [3.8, 4) is 11.5 Å². The summed E-state index contributed by atoms with van der Waals surface area (Å²) < 4.78 is 10.9. The van der Waals surface area contributed by atoms with Gasteiger partial charge in [0.1, 0.15) is 23.2 Å². The van der Waals surface area contributed by atoms with Crippen LogP contribution in [0.1, 0.15) is 32.8 Å². The number of hydrogen-bond acceptors (Lipinski definition) is 4. The average Bonchev–Trinajstić information content (AvgIpc) is 2.37. The van der Waals surface area contributed by atoms with Crippen LogP contribution in [0, 0.1) is 0 Å². The third-order valence-corrected chi connectivity index (χ3v) is 3.40. The summed E-state index contributed by atoms with van der Waals surface area (Å²) in [4.78, 5) is 11.6. The summed E-state index contributed by atoms with van der Waals surface area (Å²) in [5.41, 5.74) is 1.59. The van der Waals surface area contributed by atoms with E-state index in [1.807, 2.05) is 20.8 Å². The highest BCUT2D eigenvalue weighted by Gasteiger charge is 2.13. The van der Waals surface area contributed by atoms with Crippen molar-refractivity contribution in [3.05, 3.63) is 46.3 Å². The molecule has 2 aromatic rings. The van der Waals surface area contributed by atoms with Crippen LogP contribution in [-0.2, 0) is 6.42 Å². The SMILES string of the molecule is C=C(C)C(C)Oc1cc(O)c2c(CCC)cc(=O)oc2c1. The zero-order valence-corrected chi connectivity index (χ0v) is 12.6. The molecule has 0 aliphatic rings. The van der Waals surface area contributed by atoms with Gasteiger partial charge in [0.25, 0.3) is 0 Å². The molecule has 1 heterocycles. The molecule has 0 saturated carbocycles. The van der Waals surface area contributed by atoms with Gasteiger partial charge in [0.15, 0.2) is 0 Å². The van der Waals surface area contributed by atoms with E-state index in [0.717, 1.165) is 17.6 Å². The zero-order valence-electron chi connectivity index (χ0n) is 12.6. The van der Waals surface area contributed by atoms with Gasteiger partial charge >= 0.3 is 5.63 Å². The fraction of sp³-hybridized carbons (Fsp3) is 0.353. The normalized spacial score (nSPS) is 12.3. The lowest BCUT2D eigenvalue weighted by Crippen LogP contribution is -2.12. The van der Waals surface area contributed by atoms with Crippen LogP contribution in [0.25, 0.3) is 11.0 Å². The first kappa shape index (κ1) is 15.2. The first-order chi connectivity index (χ1) is 9.92. The molecule has 0 amide bonds. The molecule has 0 radical (unpaired) electrons. The van der Waals surface area contributed by atoms with Crippen molar-refractivity contribution in [2.24, 2.45) is 0 Å². The molecule has 0 aliphatic carbocycles. The van der Waals surface area contributed by atoms with Crippen molar-refractivity contribution < 1.29 is 14.3 Å². The van der Waals surface area contributed by atoms with Gasteiger partial charge < -0.3 is 14.3 Å². The second-order valence-corrected chi connectivity index (χ2v) is 5.26. The molecule has 1 unspecified atom stereocenters. The highest BCUT2D eigenvalue weighted by Crippen LogP contribution is 2.33. The van der Waals surface area contributed by atoms with Gasteiger partial charge in [-0.2, -0.15) is 0 Å². The molecule has 0 aliphatic heterocycles. The Morgan fingerprint density at radius 2 is 2.14 bits per heavy atom. The van der Waals surface area contributed by atoms with Crippen molar-refractivity contribution in [1.29, 1.82) is 0 Å². The van der Waals surface area contributed by atoms with E-state index in [1.165, 1.54) is 6.07 Å².